The van der Waals surface area contributed by atoms with Gasteiger partial charge in [-0.3, -0.25) is 19.7 Å². The van der Waals surface area contributed by atoms with Crippen LogP contribution in [0.25, 0.3) is 0 Å². The molecule has 0 unspecified atom stereocenters. The molecule has 0 radical (unpaired) electrons. The van der Waals surface area contributed by atoms with Crippen molar-refractivity contribution in [2.75, 3.05) is 0 Å². The first-order valence-electron chi connectivity index (χ1n) is 11.1. The average molecular weight is 515 g/mol. The van der Waals surface area contributed by atoms with E-state index < -0.39 is 22.1 Å². The van der Waals surface area contributed by atoms with Gasteiger partial charge in [-0.05, 0) is 53.7 Å². The lowest BCUT2D eigenvalue weighted by Crippen LogP contribution is -2.43. The van der Waals surface area contributed by atoms with Crippen molar-refractivity contribution in [2.24, 2.45) is 0 Å². The molecule has 6 nitrogen and oxygen atoms in total. The van der Waals surface area contributed by atoms with E-state index in [0.717, 1.165) is 21.6 Å². The smallest absolute Gasteiger partial charge is 0.269 e. The predicted molar refractivity (Wildman–Crippen MR) is 143 cm³/mol. The number of nitro benzene ring substituents is 1. The third-order valence-electron chi connectivity index (χ3n) is 5.26. The number of carbonyl (C=O) groups excluding carboxylic acids is 2. The number of thioether (sulfide) groups is 2. The topological polar surface area (TPSA) is 89.3 Å². The van der Waals surface area contributed by atoms with Gasteiger partial charge in [-0.25, -0.2) is 0 Å². The van der Waals surface area contributed by atoms with E-state index in [2.05, 4.69) is 5.32 Å². The second-order valence-corrected chi connectivity index (χ2v) is 10.0. The first-order chi connectivity index (χ1) is 17.5. The first kappa shape index (κ1) is 25.2. The maximum absolute atomic E-state index is 13.7. The third kappa shape index (κ3) is 6.62. The number of benzene rings is 4. The van der Waals surface area contributed by atoms with Crippen LogP contribution in [0.1, 0.15) is 21.2 Å². The number of nitrogens with zero attached hydrogens (tertiary/aromatic N) is 1. The van der Waals surface area contributed by atoms with E-state index in [9.17, 15) is 19.7 Å². The summed E-state index contributed by atoms with van der Waals surface area (Å²) in [5.74, 6) is -0.397. The summed E-state index contributed by atoms with van der Waals surface area (Å²) in [5, 5.41) is 13.5. The lowest BCUT2D eigenvalue weighted by atomic mass is 10.0. The van der Waals surface area contributed by atoms with Gasteiger partial charge in [0, 0.05) is 27.5 Å². The Bertz CT molecular complexity index is 1340. The summed E-state index contributed by atoms with van der Waals surface area (Å²) in [4.78, 5) is 39.5. The molecule has 2 atom stereocenters. The van der Waals surface area contributed by atoms with E-state index in [-0.39, 0.29) is 10.8 Å². The van der Waals surface area contributed by atoms with E-state index in [1.54, 1.807) is 36.4 Å². The summed E-state index contributed by atoms with van der Waals surface area (Å²) in [6.45, 7) is 0. The van der Waals surface area contributed by atoms with Gasteiger partial charge in [-0.1, -0.05) is 66.7 Å². The molecule has 1 amide bonds. The number of carbonyl (C=O) groups is 2. The lowest BCUT2D eigenvalue weighted by molar-refractivity contribution is -0.384. The summed E-state index contributed by atoms with van der Waals surface area (Å²) < 4.78 is 0. The fourth-order valence-corrected chi connectivity index (χ4v) is 5.68. The van der Waals surface area contributed by atoms with E-state index in [4.69, 9.17) is 0 Å². The van der Waals surface area contributed by atoms with Crippen molar-refractivity contribution in [1.29, 1.82) is 0 Å². The molecule has 180 valence electrons. The highest BCUT2D eigenvalue weighted by molar-refractivity contribution is 8.14. The standard InChI is InChI=1S/C28H22N2O4S2/c31-27(20-11-4-1-5-12-20)29-25(28(32)36-24-17-8-3-9-18-24)26(35-23-15-6-2-7-16-23)21-13-10-14-22(19-21)30(33)34/h1-19,25-26H,(H,29,31)/t25-,26+/m0/s1. The molecule has 0 aromatic heterocycles. The summed E-state index contributed by atoms with van der Waals surface area (Å²) >= 11 is 2.41. The molecule has 1 N–H and O–H groups in total. The van der Waals surface area contributed by atoms with Crippen molar-refractivity contribution in [3.05, 3.63) is 137 Å². The Kier molecular flexibility index (Phi) is 8.54. The lowest BCUT2D eigenvalue weighted by Gasteiger charge is -2.27. The number of amides is 1. The Morgan fingerprint density at radius 3 is 1.94 bits per heavy atom. The molecule has 4 rings (SSSR count). The van der Waals surface area contributed by atoms with Gasteiger partial charge >= 0.3 is 0 Å². The molecule has 0 aliphatic carbocycles. The van der Waals surface area contributed by atoms with E-state index >= 15 is 0 Å². The Morgan fingerprint density at radius 1 is 0.750 bits per heavy atom. The zero-order valence-electron chi connectivity index (χ0n) is 19.0. The fraction of sp³-hybridized carbons (Fsp3) is 0.0714. The van der Waals surface area contributed by atoms with Crippen molar-refractivity contribution >= 4 is 40.2 Å². The van der Waals surface area contributed by atoms with Crippen LogP contribution in [0, 0.1) is 10.1 Å². The van der Waals surface area contributed by atoms with Crippen molar-refractivity contribution in [3.8, 4) is 0 Å². The van der Waals surface area contributed by atoms with Gasteiger partial charge in [-0.2, -0.15) is 0 Å². The van der Waals surface area contributed by atoms with Gasteiger partial charge < -0.3 is 5.32 Å². The number of rotatable bonds is 9. The van der Waals surface area contributed by atoms with Gasteiger partial charge in [0.25, 0.3) is 11.6 Å². The molecule has 0 heterocycles. The minimum atomic E-state index is -0.977. The molecule has 4 aromatic rings. The summed E-state index contributed by atoms with van der Waals surface area (Å²) in [6, 6.07) is 32.5. The molecule has 0 saturated heterocycles. The van der Waals surface area contributed by atoms with Crippen molar-refractivity contribution < 1.29 is 14.5 Å². The Hall–Kier alpha value is -3.88. The zero-order chi connectivity index (χ0) is 25.3. The Labute approximate surface area is 217 Å². The van der Waals surface area contributed by atoms with Crippen LogP contribution in [0.3, 0.4) is 0 Å². The summed E-state index contributed by atoms with van der Waals surface area (Å²) in [5.41, 5.74) is 0.906. The molecular formula is C28H22N2O4S2. The summed E-state index contributed by atoms with van der Waals surface area (Å²) in [6.07, 6.45) is 0. The number of nitro groups is 1. The largest absolute Gasteiger partial charge is 0.340 e. The van der Waals surface area contributed by atoms with Crippen molar-refractivity contribution in [2.45, 2.75) is 21.1 Å². The highest BCUT2D eigenvalue weighted by Crippen LogP contribution is 2.41. The maximum Gasteiger partial charge on any atom is 0.269 e. The van der Waals surface area contributed by atoms with Crippen LogP contribution < -0.4 is 5.32 Å². The average Bonchev–Trinajstić information content (AvgIpc) is 2.92. The molecule has 0 bridgehead atoms. The van der Waals surface area contributed by atoms with Crippen LogP contribution in [0.15, 0.2) is 125 Å². The van der Waals surface area contributed by atoms with Crippen LogP contribution in [0.5, 0.6) is 0 Å². The highest BCUT2D eigenvalue weighted by atomic mass is 32.2. The van der Waals surface area contributed by atoms with Gasteiger partial charge in [-0.15, -0.1) is 11.8 Å². The molecule has 0 fully saturated rings. The molecule has 0 aliphatic heterocycles. The molecule has 0 spiro atoms. The highest BCUT2D eigenvalue weighted by Gasteiger charge is 2.33. The van der Waals surface area contributed by atoms with Crippen LogP contribution in [-0.2, 0) is 4.79 Å². The normalized spacial score (nSPS) is 12.3. The van der Waals surface area contributed by atoms with Gasteiger partial charge in [0.2, 0.25) is 5.12 Å². The molecule has 0 saturated carbocycles. The Balaban J connectivity index is 1.76. The number of hydrogen-bond donors (Lipinski definition) is 1. The first-order valence-corrected chi connectivity index (χ1v) is 12.8. The maximum atomic E-state index is 13.7. The minimum Gasteiger partial charge on any atom is -0.340 e. The summed E-state index contributed by atoms with van der Waals surface area (Å²) in [7, 11) is 0. The minimum absolute atomic E-state index is 0.0811. The number of hydrogen-bond acceptors (Lipinski definition) is 6. The van der Waals surface area contributed by atoms with Crippen molar-refractivity contribution in [3.63, 3.8) is 0 Å². The number of non-ortho nitro benzene ring substituents is 1. The molecular weight excluding hydrogens is 492 g/mol. The number of nitrogens with one attached hydrogen (secondary N) is 1. The van der Waals surface area contributed by atoms with Crippen LogP contribution in [0.4, 0.5) is 5.69 Å². The third-order valence-corrected chi connectivity index (χ3v) is 7.56. The molecule has 8 heteroatoms. The van der Waals surface area contributed by atoms with Gasteiger partial charge in [0.1, 0.15) is 6.04 Å². The van der Waals surface area contributed by atoms with Crippen molar-refractivity contribution in [1.82, 2.24) is 5.32 Å². The molecule has 36 heavy (non-hydrogen) atoms. The van der Waals surface area contributed by atoms with Crippen LogP contribution in [-0.4, -0.2) is 22.0 Å². The fourth-order valence-electron chi connectivity index (χ4n) is 3.53. The molecule has 0 aliphatic rings. The quantitative estimate of drug-likeness (QED) is 0.155. The SMILES string of the molecule is O=C(N[C@H](C(=O)Sc1ccccc1)[C@H](Sc1ccccc1)c1cccc([N+](=O)[O-])c1)c1ccccc1. The van der Waals surface area contributed by atoms with Gasteiger partial charge in [0.05, 0.1) is 10.2 Å². The predicted octanol–water partition coefficient (Wildman–Crippen LogP) is 6.55. The Morgan fingerprint density at radius 2 is 1.33 bits per heavy atom. The van der Waals surface area contributed by atoms with Gasteiger partial charge in [0.15, 0.2) is 0 Å². The van der Waals surface area contributed by atoms with E-state index in [1.807, 2.05) is 66.7 Å². The monoisotopic (exact) mass is 514 g/mol. The zero-order valence-corrected chi connectivity index (χ0v) is 20.7. The van der Waals surface area contributed by atoms with Crippen LogP contribution >= 0.6 is 23.5 Å². The van der Waals surface area contributed by atoms with Crippen LogP contribution in [0.2, 0.25) is 0 Å². The second-order valence-electron chi connectivity index (χ2n) is 7.75. The second kappa shape index (κ2) is 12.2. The molecule has 4 aromatic carbocycles. The van der Waals surface area contributed by atoms with E-state index in [1.165, 1.54) is 23.9 Å². The van der Waals surface area contributed by atoms with E-state index in [0.29, 0.717) is 11.1 Å².